The summed E-state index contributed by atoms with van der Waals surface area (Å²) in [7, 11) is 0. The van der Waals surface area contributed by atoms with E-state index in [9.17, 15) is 4.79 Å². The average Bonchev–Trinajstić information content (AvgIpc) is 3.10. The van der Waals surface area contributed by atoms with Gasteiger partial charge in [0.2, 0.25) is 5.76 Å². The fourth-order valence-corrected chi connectivity index (χ4v) is 4.21. The molecule has 6 heteroatoms. The van der Waals surface area contributed by atoms with Gasteiger partial charge in [-0.3, -0.25) is 4.79 Å². The molecule has 1 amide bonds. The van der Waals surface area contributed by atoms with Gasteiger partial charge in [-0.2, -0.15) is 0 Å². The third-order valence-electron chi connectivity index (χ3n) is 5.62. The predicted octanol–water partition coefficient (Wildman–Crippen LogP) is 8.32. The van der Waals surface area contributed by atoms with Gasteiger partial charge in [-0.25, -0.2) is 0 Å². The molecule has 0 aliphatic heterocycles. The maximum absolute atomic E-state index is 12.6. The van der Waals surface area contributed by atoms with Crippen LogP contribution in [0.25, 0.3) is 0 Å². The minimum atomic E-state index is -0.308. The lowest BCUT2D eigenvalue weighted by Crippen LogP contribution is -2.42. The van der Waals surface area contributed by atoms with Crippen LogP contribution in [0.5, 0.6) is 0 Å². The molecule has 1 N–H and O–H groups in total. The molecule has 1 aromatic carbocycles. The molecule has 1 heterocycles. The maximum atomic E-state index is 12.6. The first kappa shape index (κ1) is 28.3. The van der Waals surface area contributed by atoms with E-state index < -0.39 is 0 Å². The summed E-state index contributed by atoms with van der Waals surface area (Å²) in [6.07, 6.45) is 7.79. The third kappa shape index (κ3) is 8.32. The number of carbonyl (C=O) groups is 1. The molecule has 4 nitrogen and oxygen atoms in total. The second-order valence-electron chi connectivity index (χ2n) is 8.69. The van der Waals surface area contributed by atoms with E-state index in [1.54, 1.807) is 0 Å². The third-order valence-corrected chi connectivity index (χ3v) is 7.29. The lowest BCUT2D eigenvalue weighted by molar-refractivity contribution is 0.0869. The van der Waals surface area contributed by atoms with Gasteiger partial charge < -0.3 is 9.84 Å². The van der Waals surface area contributed by atoms with Crippen molar-refractivity contribution in [1.82, 2.24) is 10.5 Å². The first-order valence-corrected chi connectivity index (χ1v) is 12.5. The van der Waals surface area contributed by atoms with Crippen molar-refractivity contribution in [3.8, 4) is 0 Å². The van der Waals surface area contributed by atoms with Crippen molar-refractivity contribution in [2.75, 3.05) is 0 Å². The van der Waals surface area contributed by atoms with Gasteiger partial charge >= 0.3 is 0 Å². The molecular formula is C26H39ClN2O2S. The van der Waals surface area contributed by atoms with Crippen molar-refractivity contribution in [3.05, 3.63) is 51.9 Å². The maximum Gasteiger partial charge on any atom is 0.291 e. The molecule has 0 spiro atoms. The Morgan fingerprint density at radius 1 is 1.19 bits per heavy atom. The summed E-state index contributed by atoms with van der Waals surface area (Å²) in [6, 6.07) is 3.95. The first-order chi connectivity index (χ1) is 15.0. The van der Waals surface area contributed by atoms with Gasteiger partial charge in [0.1, 0.15) is 0 Å². The molecule has 1 aromatic heterocycles. The fraction of sp³-hybridized carbons (Fsp3) is 0.538. The van der Waals surface area contributed by atoms with E-state index in [0.717, 1.165) is 28.4 Å². The second kappa shape index (κ2) is 13.1. The molecule has 0 atom stereocenters. The zero-order valence-electron chi connectivity index (χ0n) is 21.1. The Morgan fingerprint density at radius 3 is 2.28 bits per heavy atom. The number of nitrogens with zero attached hydrogens (tertiary/aromatic N) is 1. The van der Waals surface area contributed by atoms with Gasteiger partial charge in [-0.1, -0.05) is 61.4 Å². The quantitative estimate of drug-likeness (QED) is 0.387. The molecule has 0 bridgehead atoms. The van der Waals surface area contributed by atoms with Crippen molar-refractivity contribution in [1.29, 1.82) is 0 Å². The lowest BCUT2D eigenvalue weighted by atomic mass is 10.0. The van der Waals surface area contributed by atoms with Crippen molar-refractivity contribution in [2.24, 2.45) is 5.92 Å². The van der Waals surface area contributed by atoms with Crippen molar-refractivity contribution >= 4 is 29.3 Å². The summed E-state index contributed by atoms with van der Waals surface area (Å²) in [6.45, 7) is 18.4. The van der Waals surface area contributed by atoms with Gasteiger partial charge in [0.25, 0.3) is 5.91 Å². The molecule has 2 rings (SSSR count). The van der Waals surface area contributed by atoms with Gasteiger partial charge in [-0.05, 0) is 90.0 Å². The van der Waals surface area contributed by atoms with Crippen LogP contribution in [0.4, 0.5) is 0 Å². The van der Waals surface area contributed by atoms with Gasteiger partial charge in [0.15, 0.2) is 0 Å². The minimum absolute atomic E-state index is 0.230. The normalized spacial score (nSPS) is 11.6. The number of rotatable bonds is 8. The molecule has 32 heavy (non-hydrogen) atoms. The van der Waals surface area contributed by atoms with Crippen LogP contribution in [0.2, 0.25) is 5.02 Å². The van der Waals surface area contributed by atoms with Crippen LogP contribution in [0.1, 0.15) is 88.2 Å². The SMILES string of the molecule is C/C=C\C(CC)CC.CCC(C)(C)NC(=O)c1onc(C)c1Sc1cc(C)c(C)cc1Cl. The standard InChI is InChI=1S/C18H23ClN2O2S.C8H16/c1-7-18(5,6)20-17(22)15-16(12(4)21-23-15)24-14-9-11(3)10(2)8-13(14)19;1-4-7-8(5-2)6-3/h8-9H,7H2,1-6H3,(H,20,22);4,7-8H,5-6H2,1-3H3/b;7-4-. The number of allylic oxidation sites excluding steroid dienone is 2. The Bertz CT molecular complexity index is 915. The average molecular weight is 479 g/mol. The summed E-state index contributed by atoms with van der Waals surface area (Å²) in [5.41, 5.74) is 2.65. The topological polar surface area (TPSA) is 55.1 Å². The molecular weight excluding hydrogens is 440 g/mol. The van der Waals surface area contributed by atoms with Crippen LogP contribution in [-0.2, 0) is 0 Å². The Morgan fingerprint density at radius 2 is 1.78 bits per heavy atom. The predicted molar refractivity (Wildman–Crippen MR) is 137 cm³/mol. The lowest BCUT2D eigenvalue weighted by Gasteiger charge is -2.23. The van der Waals surface area contributed by atoms with Gasteiger partial charge in [0, 0.05) is 10.4 Å². The van der Waals surface area contributed by atoms with Crippen LogP contribution < -0.4 is 5.32 Å². The van der Waals surface area contributed by atoms with Crippen molar-refractivity contribution in [2.45, 2.75) is 96.9 Å². The number of hydrogen-bond donors (Lipinski definition) is 1. The molecule has 178 valence electrons. The van der Waals surface area contributed by atoms with Gasteiger partial charge in [-0.15, -0.1) is 0 Å². The van der Waals surface area contributed by atoms with E-state index in [4.69, 9.17) is 16.1 Å². The van der Waals surface area contributed by atoms with Crippen LogP contribution in [0.3, 0.4) is 0 Å². The molecule has 0 saturated heterocycles. The summed E-state index contributed by atoms with van der Waals surface area (Å²) in [5.74, 6) is 0.790. The zero-order valence-corrected chi connectivity index (χ0v) is 22.6. The number of amides is 1. The highest BCUT2D eigenvalue weighted by atomic mass is 35.5. The molecule has 2 aromatic rings. The van der Waals surface area contributed by atoms with E-state index in [-0.39, 0.29) is 17.2 Å². The molecule has 0 radical (unpaired) electrons. The Hall–Kier alpha value is -1.72. The Kier molecular flexibility index (Phi) is 11.6. The summed E-state index contributed by atoms with van der Waals surface area (Å²) in [5, 5.41) is 7.59. The fourth-order valence-electron chi connectivity index (χ4n) is 2.85. The highest BCUT2D eigenvalue weighted by Crippen LogP contribution is 2.38. The number of nitrogens with one attached hydrogen (secondary N) is 1. The molecule has 0 aliphatic carbocycles. The van der Waals surface area contributed by atoms with Crippen LogP contribution >= 0.6 is 23.4 Å². The highest BCUT2D eigenvalue weighted by molar-refractivity contribution is 7.99. The van der Waals surface area contributed by atoms with E-state index in [1.165, 1.54) is 24.6 Å². The number of carbonyl (C=O) groups excluding carboxylic acids is 1. The number of halogens is 1. The molecule has 0 aliphatic rings. The van der Waals surface area contributed by atoms with E-state index >= 15 is 0 Å². The first-order valence-electron chi connectivity index (χ1n) is 11.4. The molecule has 0 fully saturated rings. The van der Waals surface area contributed by atoms with Crippen molar-refractivity contribution in [3.63, 3.8) is 0 Å². The minimum Gasteiger partial charge on any atom is -0.350 e. The molecule has 0 unspecified atom stereocenters. The molecule has 0 saturated carbocycles. The van der Waals surface area contributed by atoms with E-state index in [0.29, 0.717) is 15.6 Å². The van der Waals surface area contributed by atoms with E-state index in [1.807, 2.05) is 53.7 Å². The van der Waals surface area contributed by atoms with Gasteiger partial charge in [0.05, 0.1) is 15.6 Å². The van der Waals surface area contributed by atoms with Crippen LogP contribution in [0, 0.1) is 26.7 Å². The second-order valence-corrected chi connectivity index (χ2v) is 10.1. The number of aryl methyl sites for hydroxylation is 3. The van der Waals surface area contributed by atoms with E-state index in [2.05, 4.69) is 43.4 Å². The number of aromatic nitrogens is 1. The Balaban J connectivity index is 0.000000547. The van der Waals surface area contributed by atoms with Crippen LogP contribution in [-0.4, -0.2) is 16.6 Å². The Labute approximate surface area is 203 Å². The summed E-state index contributed by atoms with van der Waals surface area (Å²) < 4.78 is 5.29. The summed E-state index contributed by atoms with van der Waals surface area (Å²) >= 11 is 7.77. The zero-order chi connectivity index (χ0) is 24.5. The number of benzene rings is 1. The number of hydrogen-bond acceptors (Lipinski definition) is 4. The van der Waals surface area contributed by atoms with Crippen LogP contribution in [0.15, 0.2) is 38.6 Å². The monoisotopic (exact) mass is 478 g/mol. The smallest absolute Gasteiger partial charge is 0.291 e. The van der Waals surface area contributed by atoms with Crippen molar-refractivity contribution < 1.29 is 9.32 Å². The highest BCUT2D eigenvalue weighted by Gasteiger charge is 2.26. The largest absolute Gasteiger partial charge is 0.350 e. The summed E-state index contributed by atoms with van der Waals surface area (Å²) in [4.78, 5) is 14.1.